The summed E-state index contributed by atoms with van der Waals surface area (Å²) in [5.74, 6) is 1.54. The van der Waals surface area contributed by atoms with Gasteiger partial charge in [0.1, 0.15) is 11.6 Å². The second kappa shape index (κ2) is 5.97. The Morgan fingerprint density at radius 3 is 2.67 bits per heavy atom. The number of nitrogens with one attached hydrogen (secondary N) is 1. The molecule has 1 aliphatic carbocycles. The first-order valence-electron chi connectivity index (χ1n) is 8.61. The van der Waals surface area contributed by atoms with Crippen LogP contribution in [0.1, 0.15) is 43.4 Å². The van der Waals surface area contributed by atoms with Crippen LogP contribution in [0, 0.1) is 11.7 Å². The lowest BCUT2D eigenvalue weighted by atomic mass is 9.77. The van der Waals surface area contributed by atoms with E-state index in [1.165, 1.54) is 5.56 Å². The van der Waals surface area contributed by atoms with Crippen LogP contribution in [-0.2, 0) is 0 Å². The van der Waals surface area contributed by atoms with Crippen LogP contribution in [0.5, 0.6) is 5.75 Å². The average molecular weight is 323 g/mol. The predicted octanol–water partition coefficient (Wildman–Crippen LogP) is 5.44. The van der Waals surface area contributed by atoms with Gasteiger partial charge >= 0.3 is 0 Å². The van der Waals surface area contributed by atoms with Gasteiger partial charge in [-0.25, -0.2) is 4.39 Å². The molecule has 1 aliphatic heterocycles. The zero-order valence-electron chi connectivity index (χ0n) is 14.0. The Morgan fingerprint density at radius 2 is 1.92 bits per heavy atom. The van der Waals surface area contributed by atoms with E-state index in [-0.39, 0.29) is 18.0 Å². The van der Waals surface area contributed by atoms with Gasteiger partial charge in [-0.3, -0.25) is 0 Å². The minimum atomic E-state index is -0.195. The van der Waals surface area contributed by atoms with E-state index in [9.17, 15) is 4.39 Å². The third kappa shape index (κ3) is 2.58. The van der Waals surface area contributed by atoms with Gasteiger partial charge in [-0.2, -0.15) is 0 Å². The zero-order chi connectivity index (χ0) is 16.7. The fourth-order valence-corrected chi connectivity index (χ4v) is 3.95. The molecule has 1 heterocycles. The molecule has 0 saturated heterocycles. The number of fused-ring (bicyclic) bond motifs is 3. The Balaban J connectivity index is 1.77. The van der Waals surface area contributed by atoms with Crippen molar-refractivity contribution >= 4 is 5.69 Å². The second-order valence-corrected chi connectivity index (χ2v) is 6.91. The normalized spacial score (nSPS) is 24.4. The Labute approximate surface area is 142 Å². The third-order valence-electron chi connectivity index (χ3n) is 4.95. The van der Waals surface area contributed by atoms with Gasteiger partial charge in [0.2, 0.25) is 0 Å². The number of para-hydroxylation sites is 1. The number of rotatable bonds is 3. The molecule has 3 heteroatoms. The first kappa shape index (κ1) is 15.3. The van der Waals surface area contributed by atoms with Crippen LogP contribution in [-0.4, -0.2) is 6.10 Å². The van der Waals surface area contributed by atoms with Crippen molar-refractivity contribution in [3.63, 3.8) is 0 Å². The van der Waals surface area contributed by atoms with Crippen molar-refractivity contribution in [1.82, 2.24) is 0 Å². The first-order chi connectivity index (χ1) is 11.6. The minimum absolute atomic E-state index is 0.124. The lowest BCUT2D eigenvalue weighted by Gasteiger charge is -2.38. The molecule has 0 radical (unpaired) electrons. The number of halogens is 1. The number of benzene rings is 2. The maximum atomic E-state index is 13.3. The van der Waals surface area contributed by atoms with Crippen molar-refractivity contribution in [2.24, 2.45) is 5.92 Å². The molecular weight excluding hydrogens is 301 g/mol. The van der Waals surface area contributed by atoms with Crippen LogP contribution in [0.25, 0.3) is 0 Å². The topological polar surface area (TPSA) is 21.3 Å². The summed E-state index contributed by atoms with van der Waals surface area (Å²) in [6, 6.07) is 13.3. The maximum absolute atomic E-state index is 13.3. The molecule has 3 atom stereocenters. The van der Waals surface area contributed by atoms with E-state index in [4.69, 9.17) is 4.74 Å². The van der Waals surface area contributed by atoms with Crippen LogP contribution < -0.4 is 10.1 Å². The van der Waals surface area contributed by atoms with Crippen molar-refractivity contribution in [1.29, 1.82) is 0 Å². The smallest absolute Gasteiger partial charge is 0.143 e. The van der Waals surface area contributed by atoms with Crippen molar-refractivity contribution in [3.05, 3.63) is 71.6 Å². The molecule has 2 nitrogen and oxygen atoms in total. The highest BCUT2D eigenvalue weighted by molar-refractivity contribution is 5.67. The number of hydrogen-bond donors (Lipinski definition) is 1. The van der Waals surface area contributed by atoms with Crippen LogP contribution in [0.2, 0.25) is 0 Å². The van der Waals surface area contributed by atoms with Crippen LogP contribution in [0.3, 0.4) is 0 Å². The van der Waals surface area contributed by atoms with Gasteiger partial charge in [0.15, 0.2) is 0 Å². The number of ether oxygens (including phenoxy) is 1. The van der Waals surface area contributed by atoms with Gasteiger partial charge in [0, 0.05) is 5.92 Å². The summed E-state index contributed by atoms with van der Waals surface area (Å²) in [4.78, 5) is 0. The van der Waals surface area contributed by atoms with Crippen molar-refractivity contribution in [2.75, 3.05) is 5.32 Å². The molecular formula is C21H22FNO. The van der Waals surface area contributed by atoms with Gasteiger partial charge in [-0.1, -0.05) is 36.4 Å². The van der Waals surface area contributed by atoms with Gasteiger partial charge in [-0.15, -0.1) is 0 Å². The lowest BCUT2D eigenvalue weighted by Crippen LogP contribution is -2.29. The van der Waals surface area contributed by atoms with Gasteiger partial charge in [-0.05, 0) is 55.5 Å². The van der Waals surface area contributed by atoms with Crippen molar-refractivity contribution in [3.8, 4) is 5.75 Å². The average Bonchev–Trinajstić information content (AvgIpc) is 3.05. The Morgan fingerprint density at radius 1 is 1.12 bits per heavy atom. The molecule has 3 unspecified atom stereocenters. The molecule has 4 rings (SSSR count). The van der Waals surface area contributed by atoms with Gasteiger partial charge < -0.3 is 10.1 Å². The highest BCUT2D eigenvalue weighted by Crippen LogP contribution is 2.52. The van der Waals surface area contributed by atoms with Crippen LogP contribution in [0.4, 0.5) is 10.1 Å². The van der Waals surface area contributed by atoms with E-state index >= 15 is 0 Å². The predicted molar refractivity (Wildman–Crippen MR) is 95.0 cm³/mol. The van der Waals surface area contributed by atoms with Crippen molar-refractivity contribution < 1.29 is 9.13 Å². The third-order valence-corrected chi connectivity index (χ3v) is 4.95. The number of hydrogen-bond acceptors (Lipinski definition) is 2. The molecule has 0 aromatic heterocycles. The summed E-state index contributed by atoms with van der Waals surface area (Å²) < 4.78 is 19.3. The molecule has 0 fully saturated rings. The summed E-state index contributed by atoms with van der Waals surface area (Å²) in [5, 5.41) is 3.69. The lowest BCUT2D eigenvalue weighted by molar-refractivity contribution is 0.242. The highest BCUT2D eigenvalue weighted by Gasteiger charge is 2.38. The fraction of sp³-hybridized carbons (Fsp3) is 0.333. The molecule has 0 spiro atoms. The van der Waals surface area contributed by atoms with E-state index in [0.29, 0.717) is 11.8 Å². The Kier molecular flexibility index (Phi) is 3.79. The van der Waals surface area contributed by atoms with Crippen LogP contribution >= 0.6 is 0 Å². The van der Waals surface area contributed by atoms with E-state index < -0.39 is 0 Å². The summed E-state index contributed by atoms with van der Waals surface area (Å²) in [6.45, 7) is 4.08. The summed E-state index contributed by atoms with van der Waals surface area (Å²) in [5.41, 5.74) is 3.50. The molecule has 0 saturated carbocycles. The Bertz CT molecular complexity index is 766. The molecule has 1 N–H and O–H groups in total. The molecule has 0 bridgehead atoms. The molecule has 24 heavy (non-hydrogen) atoms. The van der Waals surface area contributed by atoms with Gasteiger partial charge in [0.25, 0.3) is 0 Å². The maximum Gasteiger partial charge on any atom is 0.143 e. The van der Waals surface area contributed by atoms with E-state index in [0.717, 1.165) is 23.4 Å². The Hall–Kier alpha value is -2.29. The SMILES string of the molecule is CC(C)Oc1cccc2c1NC(c1ccc(F)cc1)C1CC=CC21. The fourth-order valence-electron chi connectivity index (χ4n) is 3.95. The molecule has 2 aromatic carbocycles. The van der Waals surface area contributed by atoms with E-state index in [1.807, 2.05) is 32.0 Å². The van der Waals surface area contributed by atoms with E-state index in [1.54, 1.807) is 12.1 Å². The van der Waals surface area contributed by atoms with E-state index in [2.05, 4.69) is 29.6 Å². The molecule has 0 amide bonds. The number of allylic oxidation sites excluding steroid dienone is 2. The molecule has 2 aromatic rings. The summed E-state index contributed by atoms with van der Waals surface area (Å²) in [6.07, 6.45) is 5.73. The second-order valence-electron chi connectivity index (χ2n) is 6.91. The summed E-state index contributed by atoms with van der Waals surface area (Å²) in [7, 11) is 0. The number of anilines is 1. The molecule has 124 valence electrons. The van der Waals surface area contributed by atoms with Crippen LogP contribution in [0.15, 0.2) is 54.6 Å². The first-order valence-corrected chi connectivity index (χ1v) is 8.61. The molecule has 2 aliphatic rings. The monoisotopic (exact) mass is 323 g/mol. The largest absolute Gasteiger partial charge is 0.489 e. The summed E-state index contributed by atoms with van der Waals surface area (Å²) >= 11 is 0. The minimum Gasteiger partial charge on any atom is -0.489 e. The van der Waals surface area contributed by atoms with Gasteiger partial charge in [0.05, 0.1) is 17.8 Å². The quantitative estimate of drug-likeness (QED) is 0.759. The standard InChI is InChI=1S/C21H22FNO/c1-13(2)24-19-8-4-7-18-16-5-3-6-17(16)20(23-21(18)19)14-9-11-15(22)12-10-14/h3-5,7-13,16-17,20,23H,6H2,1-2H3. The zero-order valence-corrected chi connectivity index (χ0v) is 14.0. The van der Waals surface area contributed by atoms with Crippen molar-refractivity contribution in [2.45, 2.75) is 38.3 Å². The highest BCUT2D eigenvalue weighted by atomic mass is 19.1.